The normalized spacial score (nSPS) is 12.4. The van der Waals surface area contributed by atoms with Gasteiger partial charge in [0.2, 0.25) is 0 Å². The molecule has 1 aromatic rings. The molecule has 1 rings (SSSR count). The van der Waals surface area contributed by atoms with Crippen molar-refractivity contribution < 1.29 is 0 Å². The Morgan fingerprint density at radius 2 is 2.31 bits per heavy atom. The van der Waals surface area contributed by atoms with Gasteiger partial charge in [-0.3, -0.25) is 0 Å². The van der Waals surface area contributed by atoms with Crippen LogP contribution in [0, 0.1) is 5.92 Å². The van der Waals surface area contributed by atoms with Crippen LogP contribution in [0.3, 0.4) is 0 Å². The van der Waals surface area contributed by atoms with Gasteiger partial charge in [0.25, 0.3) is 0 Å². The van der Waals surface area contributed by atoms with Crippen LogP contribution in [0.5, 0.6) is 0 Å². The highest BCUT2D eigenvalue weighted by Crippen LogP contribution is 2.14. The number of imidazole rings is 1. The van der Waals surface area contributed by atoms with Crippen molar-refractivity contribution in [2.75, 3.05) is 13.6 Å². The summed E-state index contributed by atoms with van der Waals surface area (Å²) in [5.41, 5.74) is 2.63. The summed E-state index contributed by atoms with van der Waals surface area (Å²) < 4.78 is 2.21. The minimum Gasteiger partial charge on any atom is -0.331 e. The molecule has 0 saturated carbocycles. The van der Waals surface area contributed by atoms with E-state index >= 15 is 0 Å². The summed E-state index contributed by atoms with van der Waals surface area (Å²) in [7, 11) is 1.99. The molecule has 16 heavy (non-hydrogen) atoms. The van der Waals surface area contributed by atoms with Crippen molar-refractivity contribution in [3.63, 3.8) is 0 Å². The van der Waals surface area contributed by atoms with Crippen molar-refractivity contribution in [2.45, 2.75) is 33.7 Å². The molecule has 0 fully saturated rings. The molecule has 0 aliphatic rings. The Labute approximate surface area is 98.6 Å². The molecule has 0 saturated heterocycles. The first-order valence-corrected chi connectivity index (χ1v) is 6.04. The lowest BCUT2D eigenvalue weighted by Crippen LogP contribution is -2.14. The average molecular weight is 221 g/mol. The predicted octanol–water partition coefficient (Wildman–Crippen LogP) is 2.55. The maximum absolute atomic E-state index is 4.21. The van der Waals surface area contributed by atoms with Gasteiger partial charge < -0.3 is 9.88 Å². The third kappa shape index (κ3) is 3.49. The predicted molar refractivity (Wildman–Crippen MR) is 69.3 cm³/mol. The molecular weight excluding hydrogens is 198 g/mol. The smallest absolute Gasteiger partial charge is 0.0950 e. The number of rotatable bonds is 6. The van der Waals surface area contributed by atoms with Gasteiger partial charge in [0, 0.05) is 13.1 Å². The molecule has 90 valence electrons. The fraction of sp³-hybridized carbons (Fsp3) is 0.615. The Balaban J connectivity index is 2.88. The van der Waals surface area contributed by atoms with Crippen LogP contribution in [-0.2, 0) is 6.54 Å². The molecular formula is C13H23N3. The van der Waals surface area contributed by atoms with Crippen LogP contribution in [0.2, 0.25) is 0 Å². The minimum absolute atomic E-state index is 0.567. The van der Waals surface area contributed by atoms with Gasteiger partial charge in [0.15, 0.2) is 0 Å². The fourth-order valence-corrected chi connectivity index (χ4v) is 1.69. The van der Waals surface area contributed by atoms with Gasteiger partial charge in [-0.05, 0) is 25.5 Å². The van der Waals surface area contributed by atoms with E-state index in [2.05, 4.69) is 41.7 Å². The maximum Gasteiger partial charge on any atom is 0.0950 e. The quantitative estimate of drug-likeness (QED) is 0.800. The highest BCUT2D eigenvalue weighted by Gasteiger charge is 2.04. The number of likely N-dealkylation sites (N-methyl/N-ethyl adjacent to an activating group) is 1. The van der Waals surface area contributed by atoms with Crippen LogP contribution in [0.15, 0.2) is 18.1 Å². The monoisotopic (exact) mass is 221 g/mol. The molecule has 0 aliphatic heterocycles. The number of nitrogens with zero attached hydrogens (tertiary/aromatic N) is 2. The van der Waals surface area contributed by atoms with Crippen LogP contribution in [0.1, 0.15) is 32.9 Å². The zero-order valence-corrected chi connectivity index (χ0v) is 10.8. The summed E-state index contributed by atoms with van der Waals surface area (Å²) in [5, 5.41) is 3.22. The van der Waals surface area contributed by atoms with Gasteiger partial charge in [-0.25, -0.2) is 4.98 Å². The first kappa shape index (κ1) is 13.0. The van der Waals surface area contributed by atoms with E-state index in [1.165, 1.54) is 11.3 Å². The second kappa shape index (κ2) is 6.48. The Hall–Kier alpha value is -1.09. The van der Waals surface area contributed by atoms with Gasteiger partial charge in [-0.15, -0.1) is 0 Å². The molecule has 0 radical (unpaired) electrons. The molecule has 0 atom stereocenters. The average Bonchev–Trinajstić information content (AvgIpc) is 2.65. The van der Waals surface area contributed by atoms with Gasteiger partial charge in [-0.2, -0.15) is 0 Å². The third-order valence-electron chi connectivity index (χ3n) is 2.66. The molecule has 1 N–H and O–H groups in total. The van der Waals surface area contributed by atoms with E-state index in [0.717, 1.165) is 19.5 Å². The van der Waals surface area contributed by atoms with Gasteiger partial charge in [-0.1, -0.05) is 26.3 Å². The third-order valence-corrected chi connectivity index (χ3v) is 2.66. The zero-order valence-electron chi connectivity index (χ0n) is 10.8. The van der Waals surface area contributed by atoms with Crippen molar-refractivity contribution in [3.05, 3.63) is 23.8 Å². The molecule has 3 nitrogen and oxygen atoms in total. The SMILES string of the molecule is CCCn1cncc1C=C(CNC)C(C)C. The van der Waals surface area contributed by atoms with Crippen LogP contribution in [-0.4, -0.2) is 23.1 Å². The molecule has 1 heterocycles. The first-order chi connectivity index (χ1) is 7.69. The number of hydrogen-bond acceptors (Lipinski definition) is 2. The standard InChI is InChI=1S/C13H23N3/c1-5-6-16-10-15-9-13(16)7-12(8-14-4)11(2)3/h7,9-11,14H,5-6,8H2,1-4H3. The lowest BCUT2D eigenvalue weighted by Gasteiger charge is -2.11. The van der Waals surface area contributed by atoms with E-state index in [4.69, 9.17) is 0 Å². The van der Waals surface area contributed by atoms with E-state index in [1.807, 2.05) is 19.6 Å². The van der Waals surface area contributed by atoms with E-state index in [0.29, 0.717) is 5.92 Å². The summed E-state index contributed by atoms with van der Waals surface area (Å²) in [6, 6.07) is 0. The Morgan fingerprint density at radius 3 is 2.88 bits per heavy atom. The second-order valence-corrected chi connectivity index (χ2v) is 4.42. The van der Waals surface area contributed by atoms with Gasteiger partial charge >= 0.3 is 0 Å². The molecule has 0 spiro atoms. The molecule has 1 aromatic heterocycles. The Kier molecular flexibility index (Phi) is 5.26. The summed E-state index contributed by atoms with van der Waals surface area (Å²) in [6.45, 7) is 8.61. The highest BCUT2D eigenvalue weighted by atomic mass is 15.0. The Bertz CT molecular complexity index is 337. The fourth-order valence-electron chi connectivity index (χ4n) is 1.69. The van der Waals surface area contributed by atoms with Crippen LogP contribution in [0.4, 0.5) is 0 Å². The van der Waals surface area contributed by atoms with Crippen LogP contribution in [0.25, 0.3) is 6.08 Å². The molecule has 0 aromatic carbocycles. The summed E-state index contributed by atoms with van der Waals surface area (Å²) in [6.07, 6.45) is 7.24. The number of hydrogen-bond donors (Lipinski definition) is 1. The zero-order chi connectivity index (χ0) is 12.0. The molecule has 0 unspecified atom stereocenters. The summed E-state index contributed by atoms with van der Waals surface area (Å²) >= 11 is 0. The molecule has 3 heteroatoms. The van der Waals surface area contributed by atoms with Crippen molar-refractivity contribution >= 4 is 6.08 Å². The second-order valence-electron chi connectivity index (χ2n) is 4.42. The van der Waals surface area contributed by atoms with E-state index in [-0.39, 0.29) is 0 Å². The summed E-state index contributed by atoms with van der Waals surface area (Å²) in [5.74, 6) is 0.567. The van der Waals surface area contributed by atoms with E-state index in [1.54, 1.807) is 0 Å². The topological polar surface area (TPSA) is 29.9 Å². The number of aryl methyl sites for hydroxylation is 1. The first-order valence-electron chi connectivity index (χ1n) is 6.04. The van der Waals surface area contributed by atoms with Crippen LogP contribution >= 0.6 is 0 Å². The maximum atomic E-state index is 4.21. The molecule has 0 aliphatic carbocycles. The lowest BCUT2D eigenvalue weighted by atomic mass is 10.0. The van der Waals surface area contributed by atoms with Crippen molar-refractivity contribution in [1.29, 1.82) is 0 Å². The van der Waals surface area contributed by atoms with Crippen molar-refractivity contribution in [2.24, 2.45) is 5.92 Å². The lowest BCUT2D eigenvalue weighted by molar-refractivity contribution is 0.669. The molecule has 0 amide bonds. The molecule has 0 bridgehead atoms. The largest absolute Gasteiger partial charge is 0.331 e. The van der Waals surface area contributed by atoms with Gasteiger partial charge in [0.05, 0.1) is 18.2 Å². The van der Waals surface area contributed by atoms with E-state index < -0.39 is 0 Å². The van der Waals surface area contributed by atoms with Crippen molar-refractivity contribution in [1.82, 2.24) is 14.9 Å². The highest BCUT2D eigenvalue weighted by molar-refractivity contribution is 5.49. The number of nitrogens with one attached hydrogen (secondary N) is 1. The van der Waals surface area contributed by atoms with Crippen molar-refractivity contribution in [3.8, 4) is 0 Å². The minimum atomic E-state index is 0.567. The van der Waals surface area contributed by atoms with E-state index in [9.17, 15) is 0 Å². The Morgan fingerprint density at radius 1 is 1.56 bits per heavy atom. The van der Waals surface area contributed by atoms with Gasteiger partial charge in [0.1, 0.15) is 0 Å². The number of aromatic nitrogens is 2. The summed E-state index contributed by atoms with van der Waals surface area (Å²) in [4.78, 5) is 4.21. The van der Waals surface area contributed by atoms with Crippen LogP contribution < -0.4 is 5.32 Å².